The van der Waals surface area contributed by atoms with E-state index in [1.807, 2.05) is 51.1 Å². The molecule has 4 N–H and O–H groups in total. The van der Waals surface area contributed by atoms with Crippen molar-refractivity contribution in [1.29, 1.82) is 0 Å². The highest BCUT2D eigenvalue weighted by Crippen LogP contribution is 2.38. The summed E-state index contributed by atoms with van der Waals surface area (Å²) in [7, 11) is 0. The Morgan fingerprint density at radius 3 is 2.48 bits per heavy atom. The van der Waals surface area contributed by atoms with Gasteiger partial charge in [0.15, 0.2) is 0 Å². The third-order valence-corrected chi connectivity index (χ3v) is 6.87. The summed E-state index contributed by atoms with van der Waals surface area (Å²) in [5, 5.41) is 35.1. The molecule has 12 heteroatoms. The van der Waals surface area contributed by atoms with Crippen LogP contribution in [-0.2, 0) is 11.1 Å². The van der Waals surface area contributed by atoms with Gasteiger partial charge in [0.25, 0.3) is 11.8 Å². The van der Waals surface area contributed by atoms with Crippen LogP contribution >= 0.6 is 0 Å². The summed E-state index contributed by atoms with van der Waals surface area (Å²) in [5.41, 5.74) is 1.11. The van der Waals surface area contributed by atoms with E-state index in [0.29, 0.717) is 34.9 Å². The first kappa shape index (κ1) is 27.2. The molecule has 0 radical (unpaired) electrons. The minimum atomic E-state index is -1.32. The van der Waals surface area contributed by atoms with Crippen molar-refractivity contribution in [3.8, 4) is 11.5 Å². The summed E-state index contributed by atoms with van der Waals surface area (Å²) in [5.74, 6) is 0.809. The largest absolute Gasteiger partial charge is 0.417 e. The molecule has 0 bridgehead atoms. The van der Waals surface area contributed by atoms with Gasteiger partial charge in [-0.05, 0) is 40.2 Å². The van der Waals surface area contributed by atoms with Gasteiger partial charge in [0.05, 0.1) is 40.7 Å². The van der Waals surface area contributed by atoms with E-state index >= 15 is 0 Å². The SMILES string of the molecule is CCN1C(=O)c2cnc(Nc3cc(N[C@H](CO)c4ccccc4)c(-c4nnc(C(C)(C)O)o4)cn3)nc2C1(C)C. The number of benzene rings is 1. The van der Waals surface area contributed by atoms with Gasteiger partial charge in [-0.15, -0.1) is 10.2 Å². The maximum Gasteiger partial charge on any atom is 0.258 e. The number of aliphatic hydroxyl groups excluding tert-OH is 1. The van der Waals surface area contributed by atoms with Gasteiger partial charge in [0.1, 0.15) is 11.4 Å². The van der Waals surface area contributed by atoms with Crippen LogP contribution in [0.2, 0.25) is 0 Å². The average molecular weight is 545 g/mol. The van der Waals surface area contributed by atoms with Crippen LogP contribution in [0.5, 0.6) is 0 Å². The first-order chi connectivity index (χ1) is 19.0. The van der Waals surface area contributed by atoms with Gasteiger partial charge in [-0.3, -0.25) is 4.79 Å². The first-order valence-electron chi connectivity index (χ1n) is 13.0. The highest BCUT2D eigenvalue weighted by Gasteiger charge is 2.44. The number of anilines is 3. The standard InChI is InChI=1S/C28H32N8O4/c1-6-36-24(38)18-14-30-26(33-22(18)27(36,2)3)32-21-12-19(31-20(15-37)16-10-8-7-9-11-16)17(13-29-21)23-34-35-25(40-23)28(4,5)39/h7-14,20,37,39H,6,15H2,1-5H3,(H2,29,30,31,32,33)/t20-/m1/s1. The molecule has 4 heterocycles. The third kappa shape index (κ3) is 4.98. The molecule has 0 spiro atoms. The van der Waals surface area contributed by atoms with E-state index in [1.54, 1.807) is 31.0 Å². The van der Waals surface area contributed by atoms with E-state index in [9.17, 15) is 15.0 Å². The topological polar surface area (TPSA) is 162 Å². The zero-order valence-electron chi connectivity index (χ0n) is 23.0. The monoisotopic (exact) mass is 544 g/mol. The van der Waals surface area contributed by atoms with Crippen molar-refractivity contribution in [2.24, 2.45) is 0 Å². The zero-order valence-corrected chi connectivity index (χ0v) is 23.0. The van der Waals surface area contributed by atoms with Crippen molar-refractivity contribution in [3.05, 3.63) is 71.5 Å². The van der Waals surface area contributed by atoms with Gasteiger partial charge in [-0.2, -0.15) is 0 Å². The Kier molecular flexibility index (Phi) is 6.98. The summed E-state index contributed by atoms with van der Waals surface area (Å²) >= 11 is 0. The molecule has 12 nitrogen and oxygen atoms in total. The summed E-state index contributed by atoms with van der Waals surface area (Å²) in [6, 6.07) is 10.8. The number of nitrogens with one attached hydrogen (secondary N) is 2. The molecule has 4 aromatic rings. The number of carbonyl (C=O) groups excluding carboxylic acids is 1. The maximum atomic E-state index is 12.8. The fourth-order valence-corrected chi connectivity index (χ4v) is 4.75. The van der Waals surface area contributed by atoms with Crippen molar-refractivity contribution in [2.75, 3.05) is 23.8 Å². The van der Waals surface area contributed by atoms with Gasteiger partial charge in [0, 0.05) is 25.0 Å². The van der Waals surface area contributed by atoms with Crippen molar-refractivity contribution in [3.63, 3.8) is 0 Å². The van der Waals surface area contributed by atoms with Gasteiger partial charge in [-0.25, -0.2) is 15.0 Å². The predicted molar refractivity (Wildman–Crippen MR) is 148 cm³/mol. The Bertz CT molecular complexity index is 1530. The quantitative estimate of drug-likeness (QED) is 0.243. The lowest BCUT2D eigenvalue weighted by Crippen LogP contribution is -2.39. The number of fused-ring (bicyclic) bond motifs is 1. The number of amides is 1. The lowest BCUT2D eigenvalue weighted by Gasteiger charge is -2.30. The van der Waals surface area contributed by atoms with Crippen LogP contribution in [0.15, 0.2) is 53.2 Å². The van der Waals surface area contributed by atoms with Crippen molar-refractivity contribution >= 4 is 23.4 Å². The fourth-order valence-electron chi connectivity index (χ4n) is 4.75. The van der Waals surface area contributed by atoms with E-state index < -0.39 is 17.2 Å². The zero-order chi connectivity index (χ0) is 28.7. The van der Waals surface area contributed by atoms with Crippen molar-refractivity contribution < 1.29 is 19.4 Å². The molecule has 1 aliphatic rings. The van der Waals surface area contributed by atoms with E-state index in [0.717, 1.165) is 5.56 Å². The minimum absolute atomic E-state index is 0.0576. The summed E-state index contributed by atoms with van der Waals surface area (Å²) in [6.45, 7) is 9.32. The van der Waals surface area contributed by atoms with Crippen LogP contribution in [0.25, 0.3) is 11.5 Å². The Labute approximate surface area is 231 Å². The Morgan fingerprint density at radius 1 is 1.10 bits per heavy atom. The smallest absolute Gasteiger partial charge is 0.258 e. The summed E-state index contributed by atoms with van der Waals surface area (Å²) in [6.07, 6.45) is 3.08. The van der Waals surface area contributed by atoms with Crippen LogP contribution in [-0.4, -0.2) is 59.3 Å². The minimum Gasteiger partial charge on any atom is -0.417 e. The Balaban J connectivity index is 1.51. The summed E-state index contributed by atoms with van der Waals surface area (Å²) < 4.78 is 5.76. The van der Waals surface area contributed by atoms with Gasteiger partial charge >= 0.3 is 0 Å². The van der Waals surface area contributed by atoms with Gasteiger partial charge in [-0.1, -0.05) is 30.3 Å². The molecule has 0 aliphatic carbocycles. The number of nitrogens with zero attached hydrogens (tertiary/aromatic N) is 6. The molecule has 0 saturated heterocycles. The van der Waals surface area contributed by atoms with E-state index in [2.05, 4.69) is 35.8 Å². The van der Waals surface area contributed by atoms with Crippen LogP contribution in [0.4, 0.5) is 17.5 Å². The second-order valence-electron chi connectivity index (χ2n) is 10.6. The lowest BCUT2D eigenvalue weighted by atomic mass is 10.0. The molecule has 1 amide bonds. The molecule has 1 atom stereocenters. The highest BCUT2D eigenvalue weighted by atomic mass is 16.4. The van der Waals surface area contributed by atoms with E-state index in [4.69, 9.17) is 4.42 Å². The molecule has 0 unspecified atom stereocenters. The molecule has 3 aromatic heterocycles. The Hall–Kier alpha value is -4.42. The number of pyridine rings is 1. The number of aliphatic hydroxyl groups is 2. The molecule has 5 rings (SSSR count). The normalized spacial score (nSPS) is 15.2. The second kappa shape index (κ2) is 10.3. The second-order valence-corrected chi connectivity index (χ2v) is 10.6. The number of rotatable bonds is 9. The molecule has 40 heavy (non-hydrogen) atoms. The van der Waals surface area contributed by atoms with Crippen molar-refractivity contribution in [1.82, 2.24) is 30.0 Å². The van der Waals surface area contributed by atoms with Gasteiger partial charge < -0.3 is 30.2 Å². The lowest BCUT2D eigenvalue weighted by molar-refractivity contribution is 0.0487. The highest BCUT2D eigenvalue weighted by molar-refractivity contribution is 5.99. The fraction of sp³-hybridized carbons (Fsp3) is 0.357. The maximum absolute atomic E-state index is 12.8. The Morgan fingerprint density at radius 2 is 1.82 bits per heavy atom. The molecular formula is C28H32N8O4. The predicted octanol–water partition coefficient (Wildman–Crippen LogP) is 3.75. The molecule has 208 valence electrons. The number of hydrogen-bond acceptors (Lipinski definition) is 11. The van der Waals surface area contributed by atoms with Crippen LogP contribution < -0.4 is 10.6 Å². The number of aromatic nitrogens is 5. The van der Waals surface area contributed by atoms with Gasteiger partial charge in [0.2, 0.25) is 11.8 Å². The third-order valence-electron chi connectivity index (χ3n) is 6.87. The van der Waals surface area contributed by atoms with Crippen LogP contribution in [0.3, 0.4) is 0 Å². The summed E-state index contributed by atoms with van der Waals surface area (Å²) in [4.78, 5) is 28.1. The number of carbonyl (C=O) groups is 1. The molecular weight excluding hydrogens is 512 g/mol. The van der Waals surface area contributed by atoms with Crippen molar-refractivity contribution in [2.45, 2.75) is 51.8 Å². The van der Waals surface area contributed by atoms with E-state index in [-0.39, 0.29) is 30.2 Å². The van der Waals surface area contributed by atoms with Crippen LogP contribution in [0.1, 0.15) is 68.2 Å². The average Bonchev–Trinajstić information content (AvgIpc) is 3.49. The van der Waals surface area contributed by atoms with E-state index in [1.165, 1.54) is 6.20 Å². The molecule has 0 saturated carbocycles. The molecule has 1 aliphatic heterocycles. The molecule has 0 fully saturated rings. The first-order valence-corrected chi connectivity index (χ1v) is 13.0. The molecule has 1 aromatic carbocycles. The number of hydrogen-bond donors (Lipinski definition) is 4. The van der Waals surface area contributed by atoms with Crippen LogP contribution in [0, 0.1) is 0 Å².